The van der Waals surface area contributed by atoms with Crippen LogP contribution in [0.2, 0.25) is 10.0 Å². The van der Waals surface area contributed by atoms with Crippen LogP contribution in [0.25, 0.3) is 6.08 Å². The maximum absolute atomic E-state index is 13.1. The molecule has 1 saturated heterocycles. The molecule has 0 atom stereocenters. The maximum Gasteiger partial charge on any atom is 0.270 e. The average molecular weight is 489 g/mol. The monoisotopic (exact) mass is 488 g/mol. The van der Waals surface area contributed by atoms with Crippen molar-refractivity contribution in [2.24, 2.45) is 0 Å². The van der Waals surface area contributed by atoms with Gasteiger partial charge in [0.2, 0.25) is 0 Å². The molecule has 0 radical (unpaired) electrons. The molecule has 0 unspecified atom stereocenters. The molecular formula is C22H14Cl2N2O3S2. The third-order valence-electron chi connectivity index (χ3n) is 4.39. The van der Waals surface area contributed by atoms with Crippen molar-refractivity contribution >= 4 is 75.9 Å². The molecule has 1 fully saturated rings. The van der Waals surface area contributed by atoms with Gasteiger partial charge in [-0.25, -0.2) is 0 Å². The normalized spacial score (nSPS) is 15.5. The summed E-state index contributed by atoms with van der Waals surface area (Å²) in [6, 6.07) is 16.1. The highest BCUT2D eigenvalue weighted by Crippen LogP contribution is 2.32. The Kier molecular flexibility index (Phi) is 6.20. The second-order valence-corrected chi connectivity index (χ2v) is 8.91. The van der Waals surface area contributed by atoms with Crippen LogP contribution < -0.4 is 10.2 Å². The number of carbonyl (C=O) groups is 2. The van der Waals surface area contributed by atoms with Gasteiger partial charge in [-0.15, -0.1) is 0 Å². The number of thiocarbonyl (C=S) groups is 1. The molecule has 2 heterocycles. The van der Waals surface area contributed by atoms with Crippen molar-refractivity contribution in [3.05, 3.63) is 81.5 Å². The summed E-state index contributed by atoms with van der Waals surface area (Å²) in [6.45, 7) is 2.02. The third-order valence-corrected chi connectivity index (χ3v) is 6.34. The number of benzene rings is 2. The van der Waals surface area contributed by atoms with E-state index >= 15 is 0 Å². The Bertz CT molecular complexity index is 1240. The van der Waals surface area contributed by atoms with Gasteiger partial charge in [0.1, 0.15) is 11.3 Å². The first-order valence-corrected chi connectivity index (χ1v) is 11.0. The Labute approximate surface area is 198 Å². The largest absolute Gasteiger partial charge is 0.450 e. The summed E-state index contributed by atoms with van der Waals surface area (Å²) in [6.07, 6.45) is 1.39. The number of nitrogens with one attached hydrogen (secondary N) is 1. The molecule has 3 aromatic rings. The number of carbonyl (C=O) groups excluding carboxylic acids is 2. The summed E-state index contributed by atoms with van der Waals surface area (Å²) in [5.41, 5.74) is 1.45. The van der Waals surface area contributed by atoms with Crippen LogP contribution in [0.1, 0.15) is 11.3 Å². The fourth-order valence-electron chi connectivity index (χ4n) is 2.85. The molecule has 4 rings (SSSR count). The molecule has 31 heavy (non-hydrogen) atoms. The molecule has 1 aliphatic rings. The number of nitrogens with zero attached hydrogens (tertiary/aromatic N) is 1. The Morgan fingerprint density at radius 3 is 2.48 bits per heavy atom. The van der Waals surface area contributed by atoms with Crippen LogP contribution in [-0.4, -0.2) is 16.9 Å². The third kappa shape index (κ3) is 4.70. The van der Waals surface area contributed by atoms with Crippen molar-refractivity contribution in [2.45, 2.75) is 16.9 Å². The van der Waals surface area contributed by atoms with Crippen molar-refractivity contribution in [3.8, 4) is 0 Å². The van der Waals surface area contributed by atoms with Crippen molar-refractivity contribution in [3.63, 3.8) is 0 Å². The van der Waals surface area contributed by atoms with Crippen LogP contribution in [0.4, 0.5) is 5.69 Å². The number of halogens is 2. The summed E-state index contributed by atoms with van der Waals surface area (Å²) in [5.74, 6) is -0.818. The number of rotatable bonds is 4. The molecule has 5 nitrogen and oxygen atoms in total. The van der Waals surface area contributed by atoms with Crippen LogP contribution in [0.3, 0.4) is 0 Å². The molecule has 0 saturated carbocycles. The smallest absolute Gasteiger partial charge is 0.270 e. The zero-order valence-electron chi connectivity index (χ0n) is 16.0. The van der Waals surface area contributed by atoms with Crippen LogP contribution in [-0.2, 0) is 9.59 Å². The van der Waals surface area contributed by atoms with Gasteiger partial charge < -0.3 is 4.42 Å². The van der Waals surface area contributed by atoms with Gasteiger partial charge in [-0.1, -0.05) is 52.7 Å². The van der Waals surface area contributed by atoms with Gasteiger partial charge in [0.25, 0.3) is 11.8 Å². The lowest BCUT2D eigenvalue weighted by atomic mass is 10.1. The van der Waals surface area contributed by atoms with Crippen molar-refractivity contribution in [2.75, 3.05) is 4.90 Å². The minimum atomic E-state index is -0.601. The van der Waals surface area contributed by atoms with Crippen LogP contribution in [0.5, 0.6) is 0 Å². The molecule has 2 amide bonds. The van der Waals surface area contributed by atoms with E-state index in [9.17, 15) is 9.59 Å². The minimum Gasteiger partial charge on any atom is -0.450 e. The van der Waals surface area contributed by atoms with E-state index in [0.29, 0.717) is 21.6 Å². The van der Waals surface area contributed by atoms with Gasteiger partial charge in [0.15, 0.2) is 10.2 Å². The van der Waals surface area contributed by atoms with Gasteiger partial charge in [0.05, 0.1) is 15.7 Å². The molecule has 0 bridgehead atoms. The van der Waals surface area contributed by atoms with Gasteiger partial charge >= 0.3 is 0 Å². The van der Waals surface area contributed by atoms with E-state index in [4.69, 9.17) is 39.8 Å². The molecular weight excluding hydrogens is 475 g/mol. The predicted octanol–water partition coefficient (Wildman–Crippen LogP) is 5.88. The van der Waals surface area contributed by atoms with E-state index in [1.54, 1.807) is 24.3 Å². The Morgan fingerprint density at radius 1 is 1.03 bits per heavy atom. The average Bonchev–Trinajstić information content (AvgIpc) is 3.16. The molecule has 0 aliphatic carbocycles. The van der Waals surface area contributed by atoms with Crippen LogP contribution >= 0.6 is 47.2 Å². The van der Waals surface area contributed by atoms with E-state index in [1.807, 2.05) is 31.2 Å². The first-order valence-electron chi connectivity index (χ1n) is 9.03. The summed E-state index contributed by atoms with van der Waals surface area (Å²) in [4.78, 5) is 27.7. The van der Waals surface area contributed by atoms with E-state index in [2.05, 4.69) is 5.32 Å². The topological polar surface area (TPSA) is 62.6 Å². The quantitative estimate of drug-likeness (QED) is 0.282. The van der Waals surface area contributed by atoms with Crippen molar-refractivity contribution in [1.29, 1.82) is 0 Å². The summed E-state index contributed by atoms with van der Waals surface area (Å²) >= 11 is 18.7. The standard InChI is InChI=1S/C22H14Cl2N2O3S2/c1-12-2-6-15(7-3-12)31-19-9-5-14(29-19)11-16-20(27)25-22(30)26(21(16)28)13-4-8-17(23)18(24)10-13/h2-11H,1H3,(H,25,27,30)/b16-11+. The number of amides is 2. The van der Waals surface area contributed by atoms with E-state index in [1.165, 1.54) is 34.4 Å². The van der Waals surface area contributed by atoms with Crippen LogP contribution in [0, 0.1) is 6.92 Å². The highest BCUT2D eigenvalue weighted by atomic mass is 35.5. The molecule has 0 spiro atoms. The molecule has 1 N–H and O–H groups in total. The highest BCUT2D eigenvalue weighted by molar-refractivity contribution is 7.99. The highest BCUT2D eigenvalue weighted by Gasteiger charge is 2.35. The Hall–Kier alpha value is -2.58. The lowest BCUT2D eigenvalue weighted by Gasteiger charge is -2.28. The Morgan fingerprint density at radius 2 is 1.77 bits per heavy atom. The van der Waals surface area contributed by atoms with Crippen LogP contribution in [0.15, 0.2) is 74.6 Å². The molecule has 156 valence electrons. The Balaban J connectivity index is 1.60. The fourth-order valence-corrected chi connectivity index (χ4v) is 4.20. The second-order valence-electron chi connectivity index (χ2n) is 6.63. The number of aryl methyl sites for hydroxylation is 1. The zero-order valence-corrected chi connectivity index (χ0v) is 19.2. The zero-order chi connectivity index (χ0) is 22.1. The van der Waals surface area contributed by atoms with Gasteiger partial charge in [0, 0.05) is 4.90 Å². The minimum absolute atomic E-state index is 0.0411. The van der Waals surface area contributed by atoms with Crippen molar-refractivity contribution < 1.29 is 14.0 Å². The molecule has 9 heteroatoms. The molecule has 2 aromatic carbocycles. The molecule has 1 aromatic heterocycles. The summed E-state index contributed by atoms with van der Waals surface area (Å²) < 4.78 is 5.78. The summed E-state index contributed by atoms with van der Waals surface area (Å²) in [7, 11) is 0. The first-order chi connectivity index (χ1) is 14.8. The van der Waals surface area contributed by atoms with Crippen molar-refractivity contribution in [1.82, 2.24) is 5.32 Å². The van der Waals surface area contributed by atoms with Gasteiger partial charge in [-0.05, 0) is 67.7 Å². The first kappa shape index (κ1) is 21.6. The number of hydrogen-bond acceptors (Lipinski definition) is 5. The fraction of sp³-hybridized carbons (Fsp3) is 0.0455. The predicted molar refractivity (Wildman–Crippen MR) is 127 cm³/mol. The van der Waals surface area contributed by atoms with E-state index < -0.39 is 11.8 Å². The van der Waals surface area contributed by atoms with E-state index in [-0.39, 0.29) is 15.7 Å². The number of furan rings is 1. The van der Waals surface area contributed by atoms with E-state index in [0.717, 1.165) is 4.90 Å². The number of anilines is 1. The maximum atomic E-state index is 13.1. The lowest BCUT2D eigenvalue weighted by Crippen LogP contribution is -2.54. The lowest BCUT2D eigenvalue weighted by molar-refractivity contribution is -0.122. The SMILES string of the molecule is Cc1ccc(Sc2ccc(/C=C3\C(=O)NC(=S)N(c4ccc(Cl)c(Cl)c4)C3=O)o2)cc1. The number of hydrogen-bond donors (Lipinski definition) is 1. The van der Waals surface area contributed by atoms with Gasteiger partial charge in [-0.3, -0.25) is 19.8 Å². The van der Waals surface area contributed by atoms with Gasteiger partial charge in [-0.2, -0.15) is 0 Å². The summed E-state index contributed by atoms with van der Waals surface area (Å²) in [5, 5.41) is 3.72. The second kappa shape index (κ2) is 8.88. The molecule has 1 aliphatic heterocycles.